The molecule has 6 nitrogen and oxygen atoms in total. The number of carbonyl (C=O) groups is 1. The average Bonchev–Trinajstić information content (AvgIpc) is 3.04. The molecule has 1 N–H and O–H groups in total. The monoisotopic (exact) mass is 300 g/mol. The van der Waals surface area contributed by atoms with Crippen molar-refractivity contribution in [3.63, 3.8) is 0 Å². The summed E-state index contributed by atoms with van der Waals surface area (Å²) in [6.07, 6.45) is -0.806. The first-order valence-electron chi connectivity index (χ1n) is 6.18. The van der Waals surface area contributed by atoms with Crippen molar-refractivity contribution in [3.05, 3.63) is 24.7 Å². The molecule has 0 amide bonds. The summed E-state index contributed by atoms with van der Waals surface area (Å²) in [6.45, 7) is -0.673. The highest BCUT2D eigenvalue weighted by Gasteiger charge is 2.64. The third-order valence-corrected chi connectivity index (χ3v) is 3.82. The van der Waals surface area contributed by atoms with Gasteiger partial charge >= 0.3 is 12.1 Å². The van der Waals surface area contributed by atoms with Crippen LogP contribution in [0, 0.1) is 5.41 Å². The summed E-state index contributed by atoms with van der Waals surface area (Å²) in [5.74, 6) is -1.54. The van der Waals surface area contributed by atoms with Gasteiger partial charge in [0.05, 0.1) is 6.20 Å². The standard InChI is InChI=1S/C12H11F3N4O2/c13-12(14,15)11(10(20)21)2-5-18(7-11)9-8-1-3-17-19(8)6-4-16-9/h1,3-4,6H,2,5,7H2,(H,20,21). The topological polar surface area (TPSA) is 70.7 Å². The Morgan fingerprint density at radius 2 is 2.14 bits per heavy atom. The minimum absolute atomic E-state index is 0.0241. The normalized spacial score (nSPS) is 22.9. The first kappa shape index (κ1) is 13.7. The number of hydrogen-bond acceptors (Lipinski definition) is 4. The molecule has 0 bridgehead atoms. The Kier molecular flexibility index (Phi) is 2.82. The molecule has 0 spiro atoms. The number of carboxylic acids is 1. The summed E-state index contributed by atoms with van der Waals surface area (Å²) in [5.41, 5.74) is -2.21. The highest BCUT2D eigenvalue weighted by molar-refractivity contribution is 5.79. The smallest absolute Gasteiger partial charge is 0.406 e. The first-order valence-corrected chi connectivity index (χ1v) is 6.18. The van der Waals surface area contributed by atoms with Gasteiger partial charge in [-0.1, -0.05) is 0 Å². The third kappa shape index (κ3) is 1.91. The molecule has 0 aliphatic carbocycles. The van der Waals surface area contributed by atoms with E-state index < -0.39 is 30.5 Å². The Balaban J connectivity index is 2.00. The Morgan fingerprint density at radius 3 is 2.76 bits per heavy atom. The zero-order valence-corrected chi connectivity index (χ0v) is 10.7. The number of nitrogens with zero attached hydrogens (tertiary/aromatic N) is 4. The summed E-state index contributed by atoms with van der Waals surface area (Å²) in [7, 11) is 0. The number of carboxylic acid groups (broad SMARTS) is 1. The van der Waals surface area contributed by atoms with Crippen LogP contribution in [0.2, 0.25) is 0 Å². The number of halogens is 3. The van der Waals surface area contributed by atoms with Gasteiger partial charge in [-0.3, -0.25) is 4.79 Å². The second kappa shape index (κ2) is 4.34. The zero-order chi connectivity index (χ0) is 15.3. The zero-order valence-electron chi connectivity index (χ0n) is 10.7. The summed E-state index contributed by atoms with van der Waals surface area (Å²) in [4.78, 5) is 16.6. The Labute approximate surface area is 116 Å². The van der Waals surface area contributed by atoms with Crippen LogP contribution in [0.1, 0.15) is 6.42 Å². The molecule has 1 aliphatic heterocycles. The maximum atomic E-state index is 13.2. The molecule has 2 aromatic rings. The third-order valence-electron chi connectivity index (χ3n) is 3.82. The van der Waals surface area contributed by atoms with Crippen molar-refractivity contribution < 1.29 is 23.1 Å². The second-order valence-corrected chi connectivity index (χ2v) is 4.97. The molecule has 1 atom stereocenters. The number of rotatable bonds is 2. The molecule has 3 heterocycles. The summed E-state index contributed by atoms with van der Waals surface area (Å²) < 4.78 is 41.0. The molecule has 0 aromatic carbocycles. The Bertz CT molecular complexity index is 699. The molecule has 21 heavy (non-hydrogen) atoms. The van der Waals surface area contributed by atoms with Crippen molar-refractivity contribution >= 4 is 17.3 Å². The molecular formula is C12H11F3N4O2. The molecule has 1 saturated heterocycles. The van der Waals surface area contributed by atoms with Crippen molar-refractivity contribution in [2.24, 2.45) is 5.41 Å². The molecule has 112 valence electrons. The van der Waals surface area contributed by atoms with Crippen LogP contribution in [0.5, 0.6) is 0 Å². The minimum atomic E-state index is -4.81. The maximum absolute atomic E-state index is 13.2. The van der Waals surface area contributed by atoms with Gasteiger partial charge in [0.25, 0.3) is 0 Å². The molecule has 1 aliphatic rings. The SMILES string of the molecule is O=C(O)C1(C(F)(F)F)CCN(c2nccn3nccc23)C1. The fourth-order valence-corrected chi connectivity index (χ4v) is 2.60. The van der Waals surface area contributed by atoms with Crippen molar-refractivity contribution in [2.45, 2.75) is 12.6 Å². The lowest BCUT2D eigenvalue weighted by Crippen LogP contribution is -2.47. The van der Waals surface area contributed by atoms with Gasteiger partial charge in [0.1, 0.15) is 5.52 Å². The van der Waals surface area contributed by atoms with Gasteiger partial charge in [-0.05, 0) is 12.5 Å². The summed E-state index contributed by atoms with van der Waals surface area (Å²) >= 11 is 0. The van der Waals surface area contributed by atoms with Crippen LogP contribution in [0.3, 0.4) is 0 Å². The first-order chi connectivity index (χ1) is 9.85. The molecule has 1 fully saturated rings. The average molecular weight is 300 g/mol. The predicted molar refractivity (Wildman–Crippen MR) is 65.9 cm³/mol. The van der Waals surface area contributed by atoms with Crippen LogP contribution in [0.25, 0.3) is 5.52 Å². The molecule has 2 aromatic heterocycles. The van der Waals surface area contributed by atoms with Crippen LogP contribution >= 0.6 is 0 Å². The summed E-state index contributed by atoms with van der Waals surface area (Å²) in [6, 6.07) is 1.62. The van der Waals surface area contributed by atoms with E-state index in [1.54, 1.807) is 12.3 Å². The van der Waals surface area contributed by atoms with Gasteiger partial charge in [-0.25, -0.2) is 9.50 Å². The number of anilines is 1. The number of fused-ring (bicyclic) bond motifs is 1. The highest BCUT2D eigenvalue weighted by atomic mass is 19.4. The van der Waals surface area contributed by atoms with Gasteiger partial charge in [-0.15, -0.1) is 0 Å². The van der Waals surface area contributed by atoms with E-state index in [4.69, 9.17) is 5.11 Å². The number of aliphatic carboxylic acids is 1. The highest BCUT2D eigenvalue weighted by Crippen LogP contribution is 2.46. The van der Waals surface area contributed by atoms with Crippen molar-refractivity contribution in [1.29, 1.82) is 0 Å². The van der Waals surface area contributed by atoms with Gasteiger partial charge in [0.2, 0.25) is 0 Å². The fraction of sp³-hybridized carbons (Fsp3) is 0.417. The maximum Gasteiger partial charge on any atom is 0.406 e. The van der Waals surface area contributed by atoms with Gasteiger partial charge in [-0.2, -0.15) is 18.3 Å². The van der Waals surface area contributed by atoms with E-state index in [0.717, 1.165) is 0 Å². The number of alkyl halides is 3. The van der Waals surface area contributed by atoms with Crippen LogP contribution in [0.4, 0.5) is 19.0 Å². The van der Waals surface area contributed by atoms with E-state index in [1.807, 2.05) is 0 Å². The quantitative estimate of drug-likeness (QED) is 0.911. The van der Waals surface area contributed by atoms with Crippen LogP contribution in [-0.4, -0.2) is 44.9 Å². The van der Waals surface area contributed by atoms with Gasteiger partial charge in [0, 0.05) is 25.5 Å². The number of hydrogen-bond donors (Lipinski definition) is 1. The Morgan fingerprint density at radius 1 is 1.38 bits per heavy atom. The van der Waals surface area contributed by atoms with E-state index in [9.17, 15) is 18.0 Å². The fourth-order valence-electron chi connectivity index (χ4n) is 2.60. The van der Waals surface area contributed by atoms with E-state index >= 15 is 0 Å². The van der Waals surface area contributed by atoms with Crippen LogP contribution in [-0.2, 0) is 4.79 Å². The second-order valence-electron chi connectivity index (χ2n) is 4.97. The molecule has 0 saturated carbocycles. The lowest BCUT2D eigenvalue weighted by atomic mass is 9.86. The van der Waals surface area contributed by atoms with Crippen molar-refractivity contribution in [2.75, 3.05) is 18.0 Å². The van der Waals surface area contributed by atoms with Crippen molar-refractivity contribution in [3.8, 4) is 0 Å². The van der Waals surface area contributed by atoms with Gasteiger partial charge < -0.3 is 10.0 Å². The van der Waals surface area contributed by atoms with Crippen molar-refractivity contribution in [1.82, 2.24) is 14.6 Å². The summed E-state index contributed by atoms with van der Waals surface area (Å²) in [5, 5.41) is 13.0. The number of aromatic nitrogens is 3. The molecule has 9 heteroatoms. The molecule has 1 unspecified atom stereocenters. The molecular weight excluding hydrogens is 289 g/mol. The minimum Gasteiger partial charge on any atom is -0.481 e. The largest absolute Gasteiger partial charge is 0.481 e. The molecule has 3 rings (SSSR count). The molecule has 0 radical (unpaired) electrons. The van der Waals surface area contributed by atoms with E-state index in [-0.39, 0.29) is 6.54 Å². The predicted octanol–water partition coefficient (Wildman–Crippen LogP) is 1.57. The van der Waals surface area contributed by atoms with Crippen LogP contribution < -0.4 is 4.90 Å². The van der Waals surface area contributed by atoms with E-state index in [0.29, 0.717) is 11.3 Å². The van der Waals surface area contributed by atoms with E-state index in [2.05, 4.69) is 10.1 Å². The van der Waals surface area contributed by atoms with E-state index in [1.165, 1.54) is 21.8 Å². The lowest BCUT2D eigenvalue weighted by molar-refractivity contribution is -0.225. The lowest BCUT2D eigenvalue weighted by Gasteiger charge is -2.27. The Hall–Kier alpha value is -2.32. The van der Waals surface area contributed by atoms with Crippen LogP contribution in [0.15, 0.2) is 24.7 Å². The van der Waals surface area contributed by atoms with Gasteiger partial charge in [0.15, 0.2) is 11.2 Å².